The van der Waals surface area contributed by atoms with Crippen LogP contribution >= 0.6 is 22.9 Å². The van der Waals surface area contributed by atoms with Gasteiger partial charge in [0.05, 0.1) is 0 Å². The molecule has 2 heterocycles. The Morgan fingerprint density at radius 2 is 2.05 bits per heavy atom. The molecule has 3 aromatic rings. The number of fused-ring (bicyclic) bond motifs is 1. The molecule has 0 aliphatic rings. The molecule has 0 spiro atoms. The molecule has 0 bridgehead atoms. The van der Waals surface area contributed by atoms with E-state index < -0.39 is 5.91 Å². The second-order valence-corrected chi connectivity index (χ2v) is 5.71. The fraction of sp³-hybridized carbons (Fsp3) is 0.0714. The quantitative estimate of drug-likeness (QED) is 0.790. The molecule has 5 nitrogen and oxygen atoms in total. The zero-order chi connectivity index (χ0) is 15.0. The van der Waals surface area contributed by atoms with Gasteiger partial charge in [0.25, 0.3) is 11.5 Å². The van der Waals surface area contributed by atoms with Crippen molar-refractivity contribution in [2.75, 3.05) is 5.32 Å². The maximum Gasteiger partial charge on any atom is 0.271 e. The van der Waals surface area contributed by atoms with E-state index in [0.717, 1.165) is 5.69 Å². The van der Waals surface area contributed by atoms with Crippen LogP contribution in [0.2, 0.25) is 5.02 Å². The van der Waals surface area contributed by atoms with Crippen LogP contribution in [0, 0.1) is 6.92 Å². The number of aromatic nitrogens is 2. The van der Waals surface area contributed by atoms with Gasteiger partial charge in [0.1, 0.15) is 5.56 Å². The van der Waals surface area contributed by atoms with Crippen LogP contribution in [0.3, 0.4) is 0 Å². The minimum atomic E-state index is -0.491. The number of amides is 1. The van der Waals surface area contributed by atoms with Crippen molar-refractivity contribution >= 4 is 39.5 Å². The highest BCUT2D eigenvalue weighted by Gasteiger charge is 2.15. The van der Waals surface area contributed by atoms with Gasteiger partial charge in [-0.05, 0) is 31.2 Å². The minimum Gasteiger partial charge on any atom is -0.322 e. The highest BCUT2D eigenvalue weighted by Crippen LogP contribution is 2.15. The van der Waals surface area contributed by atoms with E-state index in [1.54, 1.807) is 31.2 Å². The van der Waals surface area contributed by atoms with Gasteiger partial charge in [0.15, 0.2) is 4.96 Å². The van der Waals surface area contributed by atoms with E-state index in [9.17, 15) is 9.59 Å². The number of nitrogens with one attached hydrogen (secondary N) is 1. The van der Waals surface area contributed by atoms with Gasteiger partial charge in [-0.1, -0.05) is 11.6 Å². The van der Waals surface area contributed by atoms with E-state index in [2.05, 4.69) is 10.3 Å². The van der Waals surface area contributed by atoms with Crippen molar-refractivity contribution in [2.24, 2.45) is 0 Å². The molecule has 21 heavy (non-hydrogen) atoms. The van der Waals surface area contributed by atoms with Gasteiger partial charge in [0.2, 0.25) is 0 Å². The first kappa shape index (κ1) is 13.8. The van der Waals surface area contributed by atoms with Crippen molar-refractivity contribution in [3.63, 3.8) is 0 Å². The molecule has 0 aliphatic heterocycles. The summed E-state index contributed by atoms with van der Waals surface area (Å²) in [5.74, 6) is -0.491. The molecule has 0 atom stereocenters. The fourth-order valence-corrected chi connectivity index (χ4v) is 2.87. The lowest BCUT2D eigenvalue weighted by molar-refractivity contribution is 0.102. The Labute approximate surface area is 128 Å². The number of hydrogen-bond donors (Lipinski definition) is 1. The van der Waals surface area contributed by atoms with Crippen molar-refractivity contribution < 1.29 is 4.79 Å². The van der Waals surface area contributed by atoms with Crippen molar-refractivity contribution in [1.82, 2.24) is 9.38 Å². The third kappa shape index (κ3) is 2.55. The molecular weight excluding hydrogens is 310 g/mol. The monoisotopic (exact) mass is 319 g/mol. The Kier molecular flexibility index (Phi) is 3.48. The molecule has 1 amide bonds. The summed E-state index contributed by atoms with van der Waals surface area (Å²) in [6.07, 6.45) is 1.30. The lowest BCUT2D eigenvalue weighted by Crippen LogP contribution is -2.26. The number of carbonyl (C=O) groups is 1. The first-order valence-corrected chi connectivity index (χ1v) is 7.35. The van der Waals surface area contributed by atoms with Crippen LogP contribution in [0.15, 0.2) is 40.6 Å². The van der Waals surface area contributed by atoms with Gasteiger partial charge in [-0.15, -0.1) is 11.3 Å². The summed E-state index contributed by atoms with van der Waals surface area (Å²) in [6, 6.07) is 6.66. The molecule has 0 saturated heterocycles. The summed E-state index contributed by atoms with van der Waals surface area (Å²) >= 11 is 7.15. The molecule has 0 saturated carbocycles. The lowest BCUT2D eigenvalue weighted by Gasteiger charge is -2.05. The summed E-state index contributed by atoms with van der Waals surface area (Å²) in [5.41, 5.74) is 0.957. The van der Waals surface area contributed by atoms with Gasteiger partial charge in [-0.25, -0.2) is 4.98 Å². The topological polar surface area (TPSA) is 63.5 Å². The zero-order valence-corrected chi connectivity index (χ0v) is 12.5. The van der Waals surface area contributed by atoms with Crippen LogP contribution in [-0.2, 0) is 0 Å². The standard InChI is InChI=1S/C14H10ClN3O2S/c1-8-7-21-14-16-6-11(13(20)18(8)14)12(19)17-10-4-2-9(15)3-5-10/h2-7H,1H3,(H,17,19). The SMILES string of the molecule is Cc1csc2ncc(C(=O)Nc3ccc(Cl)cc3)c(=O)n12. The molecule has 0 aliphatic carbocycles. The number of benzene rings is 1. The molecule has 2 aromatic heterocycles. The smallest absolute Gasteiger partial charge is 0.271 e. The number of thiazole rings is 1. The maximum absolute atomic E-state index is 12.3. The Morgan fingerprint density at radius 1 is 1.33 bits per heavy atom. The van der Waals surface area contributed by atoms with Gasteiger partial charge in [-0.2, -0.15) is 0 Å². The molecule has 1 aromatic carbocycles. The summed E-state index contributed by atoms with van der Waals surface area (Å²) in [6.45, 7) is 1.80. The van der Waals surface area contributed by atoms with Crippen LogP contribution < -0.4 is 10.9 Å². The van der Waals surface area contributed by atoms with Gasteiger partial charge in [0, 0.05) is 28.0 Å². The second-order valence-electron chi connectivity index (χ2n) is 4.43. The number of hydrogen-bond acceptors (Lipinski definition) is 4. The molecule has 0 radical (unpaired) electrons. The van der Waals surface area contributed by atoms with Crippen molar-refractivity contribution in [3.8, 4) is 0 Å². The molecule has 106 valence electrons. The predicted molar refractivity (Wildman–Crippen MR) is 83.5 cm³/mol. The Morgan fingerprint density at radius 3 is 2.76 bits per heavy atom. The minimum absolute atomic E-state index is 0.00366. The van der Waals surface area contributed by atoms with Crippen LogP contribution in [0.1, 0.15) is 16.1 Å². The number of anilines is 1. The van der Waals surface area contributed by atoms with Crippen molar-refractivity contribution in [1.29, 1.82) is 0 Å². The Hall–Kier alpha value is -2.18. The Bertz CT molecular complexity index is 883. The largest absolute Gasteiger partial charge is 0.322 e. The van der Waals surface area contributed by atoms with Crippen LogP contribution in [0.4, 0.5) is 5.69 Å². The van der Waals surface area contributed by atoms with E-state index in [4.69, 9.17) is 11.6 Å². The van der Waals surface area contributed by atoms with Crippen LogP contribution in [-0.4, -0.2) is 15.3 Å². The number of nitrogens with zero attached hydrogens (tertiary/aromatic N) is 2. The first-order valence-electron chi connectivity index (χ1n) is 6.09. The molecule has 3 rings (SSSR count). The molecule has 0 unspecified atom stereocenters. The summed E-state index contributed by atoms with van der Waals surface area (Å²) < 4.78 is 1.43. The average molecular weight is 320 g/mol. The number of rotatable bonds is 2. The lowest BCUT2D eigenvalue weighted by atomic mass is 10.2. The van der Waals surface area contributed by atoms with Gasteiger partial charge >= 0.3 is 0 Å². The van der Waals surface area contributed by atoms with E-state index in [1.165, 1.54) is 21.9 Å². The normalized spacial score (nSPS) is 10.8. The molecular formula is C14H10ClN3O2S. The highest BCUT2D eigenvalue weighted by molar-refractivity contribution is 7.15. The van der Waals surface area contributed by atoms with Crippen molar-refractivity contribution in [2.45, 2.75) is 6.92 Å². The first-order chi connectivity index (χ1) is 10.1. The molecule has 0 fully saturated rings. The van der Waals surface area contributed by atoms with E-state index >= 15 is 0 Å². The Balaban J connectivity index is 1.98. The van der Waals surface area contributed by atoms with Crippen LogP contribution in [0.5, 0.6) is 0 Å². The maximum atomic E-state index is 12.3. The summed E-state index contributed by atoms with van der Waals surface area (Å²) in [5, 5.41) is 5.05. The number of halogens is 1. The number of carbonyl (C=O) groups excluding carboxylic acids is 1. The third-order valence-corrected chi connectivity index (χ3v) is 4.17. The van der Waals surface area contributed by atoms with Gasteiger partial charge in [-0.3, -0.25) is 14.0 Å². The van der Waals surface area contributed by atoms with Crippen molar-refractivity contribution in [3.05, 3.63) is 62.5 Å². The van der Waals surface area contributed by atoms with E-state index in [0.29, 0.717) is 15.7 Å². The second kappa shape index (κ2) is 5.31. The van der Waals surface area contributed by atoms with E-state index in [1.807, 2.05) is 5.38 Å². The molecule has 7 heteroatoms. The summed E-state index contributed by atoms with van der Waals surface area (Å²) in [4.78, 5) is 29.3. The van der Waals surface area contributed by atoms with Gasteiger partial charge < -0.3 is 5.32 Å². The van der Waals surface area contributed by atoms with E-state index in [-0.39, 0.29) is 11.1 Å². The highest BCUT2D eigenvalue weighted by atomic mass is 35.5. The predicted octanol–water partition coefficient (Wildman–Crippen LogP) is 2.97. The fourth-order valence-electron chi connectivity index (χ4n) is 1.91. The zero-order valence-electron chi connectivity index (χ0n) is 11.0. The average Bonchev–Trinajstić information content (AvgIpc) is 2.84. The van der Waals surface area contributed by atoms with Crippen LogP contribution in [0.25, 0.3) is 4.96 Å². The summed E-state index contributed by atoms with van der Waals surface area (Å²) in [7, 11) is 0. The number of aryl methyl sites for hydroxylation is 1. The molecule has 1 N–H and O–H groups in total. The third-order valence-electron chi connectivity index (χ3n) is 2.96.